The summed E-state index contributed by atoms with van der Waals surface area (Å²) in [5.41, 5.74) is -0.425. The molecule has 2 amide bonds. The number of para-hydroxylation sites is 1. The first kappa shape index (κ1) is 19.3. The molecule has 0 bridgehead atoms. The van der Waals surface area contributed by atoms with Gasteiger partial charge in [-0.15, -0.1) is 0 Å². The van der Waals surface area contributed by atoms with Gasteiger partial charge in [-0.1, -0.05) is 6.07 Å². The zero-order chi connectivity index (χ0) is 20.2. The number of nitrogens with zero attached hydrogens (tertiary/aromatic N) is 5. The van der Waals surface area contributed by atoms with E-state index in [4.69, 9.17) is 4.74 Å². The van der Waals surface area contributed by atoms with Crippen LogP contribution in [0.5, 0.6) is 0 Å². The molecule has 10 heteroatoms. The Morgan fingerprint density at radius 2 is 1.66 bits per heavy atom. The molecule has 0 aliphatic carbocycles. The highest BCUT2D eigenvalue weighted by molar-refractivity contribution is 5.89. The Hall–Kier alpha value is -3.01. The van der Waals surface area contributed by atoms with Gasteiger partial charge in [-0.25, -0.2) is 18.6 Å². The van der Waals surface area contributed by atoms with Crippen LogP contribution in [0.25, 0.3) is 0 Å². The Balaban J connectivity index is 1.36. The van der Waals surface area contributed by atoms with Gasteiger partial charge < -0.3 is 24.8 Å². The van der Waals surface area contributed by atoms with Crippen LogP contribution in [0.4, 0.5) is 31.0 Å². The highest BCUT2D eigenvalue weighted by atomic mass is 19.1. The number of piperazine rings is 1. The minimum absolute atomic E-state index is 0.415. The molecule has 1 aromatic carbocycles. The number of amides is 2. The van der Waals surface area contributed by atoms with Crippen LogP contribution < -0.4 is 15.1 Å². The van der Waals surface area contributed by atoms with Crippen LogP contribution in [0.15, 0.2) is 30.5 Å². The fraction of sp³-hybridized carbons (Fsp3) is 0.421. The van der Waals surface area contributed by atoms with Gasteiger partial charge in [0.15, 0.2) is 0 Å². The molecule has 1 aromatic heterocycles. The van der Waals surface area contributed by atoms with Crippen molar-refractivity contribution in [2.75, 3.05) is 67.6 Å². The largest absolute Gasteiger partial charge is 0.378 e. The van der Waals surface area contributed by atoms with Gasteiger partial charge in [-0.2, -0.15) is 4.98 Å². The van der Waals surface area contributed by atoms with Gasteiger partial charge in [0.2, 0.25) is 5.95 Å². The maximum atomic E-state index is 13.7. The topological polar surface area (TPSA) is 73.8 Å². The minimum Gasteiger partial charge on any atom is -0.378 e. The first-order valence-electron chi connectivity index (χ1n) is 9.52. The summed E-state index contributed by atoms with van der Waals surface area (Å²) in [7, 11) is 0. The van der Waals surface area contributed by atoms with E-state index < -0.39 is 23.4 Å². The molecule has 2 saturated heterocycles. The van der Waals surface area contributed by atoms with Crippen molar-refractivity contribution in [1.29, 1.82) is 0 Å². The van der Waals surface area contributed by atoms with E-state index in [2.05, 4.69) is 25.1 Å². The van der Waals surface area contributed by atoms with Crippen molar-refractivity contribution < 1.29 is 18.3 Å². The third-order valence-corrected chi connectivity index (χ3v) is 5.01. The monoisotopic (exact) mass is 404 g/mol. The lowest BCUT2D eigenvalue weighted by Gasteiger charge is -2.35. The molecule has 1 N–H and O–H groups in total. The van der Waals surface area contributed by atoms with E-state index in [1.807, 2.05) is 6.07 Å². The highest BCUT2D eigenvalue weighted by Gasteiger charge is 2.24. The van der Waals surface area contributed by atoms with E-state index in [1.165, 1.54) is 11.0 Å². The molecular formula is C19H22F2N6O2. The average Bonchev–Trinajstić information content (AvgIpc) is 2.77. The van der Waals surface area contributed by atoms with Gasteiger partial charge in [0.25, 0.3) is 0 Å². The van der Waals surface area contributed by atoms with Gasteiger partial charge in [0, 0.05) is 45.5 Å². The van der Waals surface area contributed by atoms with Crippen LogP contribution in [0.2, 0.25) is 0 Å². The van der Waals surface area contributed by atoms with Gasteiger partial charge in [0.05, 0.1) is 13.2 Å². The lowest BCUT2D eigenvalue weighted by atomic mass is 10.3. The van der Waals surface area contributed by atoms with Crippen molar-refractivity contribution in [3.63, 3.8) is 0 Å². The number of carbonyl (C=O) groups excluding carboxylic acids is 1. The molecule has 0 spiro atoms. The van der Waals surface area contributed by atoms with E-state index in [0.717, 1.165) is 31.0 Å². The summed E-state index contributed by atoms with van der Waals surface area (Å²) < 4.78 is 32.9. The quantitative estimate of drug-likeness (QED) is 0.843. The molecule has 154 valence electrons. The van der Waals surface area contributed by atoms with Gasteiger partial charge in [0.1, 0.15) is 23.1 Å². The molecule has 2 fully saturated rings. The number of carbonyl (C=O) groups is 1. The zero-order valence-electron chi connectivity index (χ0n) is 15.9. The van der Waals surface area contributed by atoms with Crippen LogP contribution in [0.3, 0.4) is 0 Å². The molecule has 8 nitrogen and oxygen atoms in total. The van der Waals surface area contributed by atoms with Gasteiger partial charge in [-0.3, -0.25) is 0 Å². The Kier molecular flexibility index (Phi) is 5.70. The summed E-state index contributed by atoms with van der Waals surface area (Å²) in [6.07, 6.45) is 1.73. The molecule has 4 rings (SSSR count). The number of halogens is 2. The molecule has 0 unspecified atom stereocenters. The van der Waals surface area contributed by atoms with E-state index in [-0.39, 0.29) is 0 Å². The average molecular weight is 404 g/mol. The molecule has 0 saturated carbocycles. The van der Waals surface area contributed by atoms with E-state index in [0.29, 0.717) is 45.3 Å². The maximum absolute atomic E-state index is 13.7. The summed E-state index contributed by atoms with van der Waals surface area (Å²) in [5, 5.41) is 2.33. The van der Waals surface area contributed by atoms with E-state index in [1.54, 1.807) is 6.20 Å². The van der Waals surface area contributed by atoms with Crippen LogP contribution in [0, 0.1) is 11.6 Å². The van der Waals surface area contributed by atoms with Crippen molar-refractivity contribution in [3.05, 3.63) is 42.1 Å². The number of anilines is 3. The van der Waals surface area contributed by atoms with Crippen molar-refractivity contribution >= 4 is 23.5 Å². The second kappa shape index (κ2) is 8.56. The van der Waals surface area contributed by atoms with Crippen molar-refractivity contribution in [1.82, 2.24) is 14.9 Å². The first-order valence-corrected chi connectivity index (χ1v) is 9.52. The standard InChI is InChI=1S/C19H22F2N6O2/c20-14-2-1-3-15(21)17(14)24-19(28)27-8-6-25(7-9-27)16-4-5-22-18(23-16)26-10-12-29-13-11-26/h1-5H,6-13H2,(H,24,28). The van der Waals surface area contributed by atoms with Crippen molar-refractivity contribution in [2.24, 2.45) is 0 Å². The number of aromatic nitrogens is 2. The summed E-state index contributed by atoms with van der Waals surface area (Å²) in [6, 6.07) is 4.79. The number of nitrogens with one attached hydrogen (secondary N) is 1. The molecular weight excluding hydrogens is 382 g/mol. The summed E-state index contributed by atoms with van der Waals surface area (Å²) in [4.78, 5) is 27.1. The molecule has 29 heavy (non-hydrogen) atoms. The number of hydrogen-bond acceptors (Lipinski definition) is 6. The number of rotatable bonds is 3. The SMILES string of the molecule is O=C(Nc1c(F)cccc1F)N1CCN(c2ccnc(N3CCOCC3)n2)CC1. The molecule has 3 heterocycles. The normalized spacial score (nSPS) is 17.4. The molecule has 2 aliphatic heterocycles. The zero-order valence-corrected chi connectivity index (χ0v) is 15.9. The van der Waals surface area contributed by atoms with Gasteiger partial charge in [-0.05, 0) is 18.2 Å². The fourth-order valence-electron chi connectivity index (χ4n) is 3.37. The van der Waals surface area contributed by atoms with Crippen LogP contribution in [0.1, 0.15) is 0 Å². The summed E-state index contributed by atoms with van der Waals surface area (Å²) in [6.45, 7) is 4.78. The lowest BCUT2D eigenvalue weighted by molar-refractivity contribution is 0.122. The number of hydrogen-bond donors (Lipinski definition) is 1. The predicted octanol–water partition coefficient (Wildman–Crippen LogP) is 1.95. The van der Waals surface area contributed by atoms with Crippen molar-refractivity contribution in [2.45, 2.75) is 0 Å². The minimum atomic E-state index is -0.798. The highest BCUT2D eigenvalue weighted by Crippen LogP contribution is 2.20. The molecule has 0 radical (unpaired) electrons. The maximum Gasteiger partial charge on any atom is 0.322 e. The Labute approximate surface area is 167 Å². The summed E-state index contributed by atoms with van der Waals surface area (Å²) >= 11 is 0. The number of benzene rings is 1. The second-order valence-electron chi connectivity index (χ2n) is 6.82. The van der Waals surface area contributed by atoms with Crippen LogP contribution in [-0.2, 0) is 4.74 Å². The lowest BCUT2D eigenvalue weighted by Crippen LogP contribution is -2.50. The van der Waals surface area contributed by atoms with E-state index >= 15 is 0 Å². The van der Waals surface area contributed by atoms with Crippen LogP contribution in [-0.4, -0.2) is 73.4 Å². The van der Waals surface area contributed by atoms with Gasteiger partial charge >= 0.3 is 6.03 Å². The van der Waals surface area contributed by atoms with Crippen molar-refractivity contribution in [3.8, 4) is 0 Å². The Morgan fingerprint density at radius 3 is 2.34 bits per heavy atom. The fourth-order valence-corrected chi connectivity index (χ4v) is 3.37. The Bertz CT molecular complexity index is 849. The predicted molar refractivity (Wildman–Crippen MR) is 104 cm³/mol. The first-order chi connectivity index (χ1) is 14.1. The molecule has 0 atom stereocenters. The molecule has 2 aliphatic rings. The second-order valence-corrected chi connectivity index (χ2v) is 6.82. The van der Waals surface area contributed by atoms with Crippen LogP contribution >= 0.6 is 0 Å². The number of ether oxygens (including phenoxy) is 1. The number of urea groups is 1. The molecule has 2 aromatic rings. The smallest absolute Gasteiger partial charge is 0.322 e. The Morgan fingerprint density at radius 1 is 0.966 bits per heavy atom. The third kappa shape index (κ3) is 4.37. The number of morpholine rings is 1. The summed E-state index contributed by atoms with van der Waals surface area (Å²) in [5.74, 6) is -0.134. The third-order valence-electron chi connectivity index (χ3n) is 5.01. The van der Waals surface area contributed by atoms with E-state index in [9.17, 15) is 13.6 Å².